The molecule has 4 nitrogen and oxygen atoms in total. The molecule has 1 aromatic rings. The van der Waals surface area contributed by atoms with E-state index in [4.69, 9.17) is 0 Å². The van der Waals surface area contributed by atoms with Crippen LogP contribution < -0.4 is 5.32 Å². The van der Waals surface area contributed by atoms with Crippen LogP contribution in [0.4, 0.5) is 5.82 Å². The zero-order valence-corrected chi connectivity index (χ0v) is 12.0. The van der Waals surface area contributed by atoms with Crippen LogP contribution in [0.3, 0.4) is 0 Å². The van der Waals surface area contributed by atoms with Crippen molar-refractivity contribution < 1.29 is 0 Å². The molecule has 1 aromatic heterocycles. The third-order valence-corrected chi connectivity index (χ3v) is 3.87. The van der Waals surface area contributed by atoms with Gasteiger partial charge in [0, 0.05) is 18.7 Å². The van der Waals surface area contributed by atoms with Gasteiger partial charge in [-0.05, 0) is 39.1 Å². The number of hydrogen-bond acceptors (Lipinski definition) is 5. The van der Waals surface area contributed by atoms with E-state index >= 15 is 0 Å². The van der Waals surface area contributed by atoms with Gasteiger partial charge >= 0.3 is 0 Å². The van der Waals surface area contributed by atoms with Crippen molar-refractivity contribution in [2.45, 2.75) is 37.3 Å². The van der Waals surface area contributed by atoms with Crippen LogP contribution in [0, 0.1) is 0 Å². The molecule has 0 spiro atoms. The van der Waals surface area contributed by atoms with E-state index < -0.39 is 0 Å². The smallest absolute Gasteiger partial charge is 0.130 e. The Morgan fingerprint density at radius 2 is 2.11 bits per heavy atom. The molecule has 1 aliphatic heterocycles. The maximum Gasteiger partial charge on any atom is 0.130 e. The molecular weight excluding hydrogens is 244 g/mol. The fraction of sp³-hybridized carbons (Fsp3) is 0.692. The Labute approximate surface area is 114 Å². The molecule has 1 unspecified atom stereocenters. The van der Waals surface area contributed by atoms with Crippen LogP contribution in [0.15, 0.2) is 17.4 Å². The van der Waals surface area contributed by atoms with Crippen LogP contribution in [0.5, 0.6) is 0 Å². The standard InChI is InChI=1S/C13H22N4S/c1-11(9-17-6-4-3-5-7-17)16-12-8-13(18-2)15-10-14-12/h8,10-11H,3-7,9H2,1-2H3,(H,14,15,16). The highest BCUT2D eigenvalue weighted by Gasteiger charge is 2.13. The maximum atomic E-state index is 4.27. The highest BCUT2D eigenvalue weighted by atomic mass is 32.2. The SMILES string of the molecule is CSc1cc(NC(C)CN2CCCCC2)ncn1. The average molecular weight is 266 g/mol. The highest BCUT2D eigenvalue weighted by Crippen LogP contribution is 2.15. The Morgan fingerprint density at radius 1 is 1.33 bits per heavy atom. The van der Waals surface area contributed by atoms with Crippen molar-refractivity contribution in [3.63, 3.8) is 0 Å². The van der Waals surface area contributed by atoms with Crippen molar-refractivity contribution in [1.82, 2.24) is 14.9 Å². The number of rotatable bonds is 5. The van der Waals surface area contributed by atoms with Crippen molar-refractivity contribution in [1.29, 1.82) is 0 Å². The van der Waals surface area contributed by atoms with E-state index in [1.54, 1.807) is 18.1 Å². The van der Waals surface area contributed by atoms with E-state index in [2.05, 4.69) is 27.1 Å². The van der Waals surface area contributed by atoms with Gasteiger partial charge in [0.2, 0.25) is 0 Å². The number of likely N-dealkylation sites (tertiary alicyclic amines) is 1. The van der Waals surface area contributed by atoms with Crippen LogP contribution in [0.2, 0.25) is 0 Å². The third kappa shape index (κ3) is 4.14. The fourth-order valence-corrected chi connectivity index (χ4v) is 2.74. The minimum atomic E-state index is 0.424. The summed E-state index contributed by atoms with van der Waals surface area (Å²) in [6, 6.07) is 2.44. The topological polar surface area (TPSA) is 41.0 Å². The van der Waals surface area contributed by atoms with Crippen molar-refractivity contribution in [2.75, 3.05) is 31.2 Å². The van der Waals surface area contributed by atoms with Gasteiger partial charge in [-0.25, -0.2) is 9.97 Å². The van der Waals surface area contributed by atoms with E-state index in [0.717, 1.165) is 17.4 Å². The van der Waals surface area contributed by atoms with Gasteiger partial charge in [-0.2, -0.15) is 0 Å². The highest BCUT2D eigenvalue weighted by molar-refractivity contribution is 7.98. The summed E-state index contributed by atoms with van der Waals surface area (Å²) in [7, 11) is 0. The lowest BCUT2D eigenvalue weighted by atomic mass is 10.1. The Morgan fingerprint density at radius 3 is 2.83 bits per heavy atom. The molecule has 5 heteroatoms. The Hall–Kier alpha value is -0.810. The van der Waals surface area contributed by atoms with E-state index in [1.165, 1.54) is 32.4 Å². The molecule has 0 aliphatic carbocycles. The number of anilines is 1. The normalized spacial score (nSPS) is 18.6. The lowest BCUT2D eigenvalue weighted by Gasteiger charge is -2.29. The molecule has 2 rings (SSSR count). The maximum absolute atomic E-state index is 4.27. The van der Waals surface area contributed by atoms with Gasteiger partial charge in [0.15, 0.2) is 0 Å². The molecule has 1 aliphatic rings. The number of nitrogens with zero attached hydrogens (tertiary/aromatic N) is 3. The molecule has 1 fully saturated rings. The molecule has 1 saturated heterocycles. The molecule has 100 valence electrons. The molecule has 0 radical (unpaired) electrons. The number of hydrogen-bond donors (Lipinski definition) is 1. The van der Waals surface area contributed by atoms with E-state index in [-0.39, 0.29) is 0 Å². The largest absolute Gasteiger partial charge is 0.366 e. The Balaban J connectivity index is 1.83. The molecule has 2 heterocycles. The van der Waals surface area contributed by atoms with Crippen LogP contribution in [-0.4, -0.2) is 46.8 Å². The first-order valence-electron chi connectivity index (χ1n) is 6.63. The Kier molecular flexibility index (Phi) is 5.26. The zero-order valence-electron chi connectivity index (χ0n) is 11.2. The molecule has 0 aromatic carbocycles. The second-order valence-corrected chi connectivity index (χ2v) is 5.68. The van der Waals surface area contributed by atoms with Crippen LogP contribution in [0.25, 0.3) is 0 Å². The molecule has 1 N–H and O–H groups in total. The third-order valence-electron chi connectivity index (χ3n) is 3.23. The molecule has 0 bridgehead atoms. The van der Waals surface area contributed by atoms with Crippen LogP contribution in [0.1, 0.15) is 26.2 Å². The van der Waals surface area contributed by atoms with Crippen LogP contribution >= 0.6 is 11.8 Å². The lowest BCUT2D eigenvalue weighted by Crippen LogP contribution is -2.38. The summed E-state index contributed by atoms with van der Waals surface area (Å²) >= 11 is 1.64. The van der Waals surface area contributed by atoms with Crippen LogP contribution in [-0.2, 0) is 0 Å². The first kappa shape index (κ1) is 13.6. The summed E-state index contributed by atoms with van der Waals surface area (Å²) in [5.74, 6) is 0.929. The molecule has 0 amide bonds. The summed E-state index contributed by atoms with van der Waals surface area (Å²) in [5, 5.41) is 4.47. The average Bonchev–Trinajstić information content (AvgIpc) is 2.40. The fourth-order valence-electron chi connectivity index (χ4n) is 2.36. The zero-order chi connectivity index (χ0) is 12.8. The summed E-state index contributed by atoms with van der Waals surface area (Å²) in [5.41, 5.74) is 0. The molecule has 0 saturated carbocycles. The van der Waals surface area contributed by atoms with Gasteiger partial charge < -0.3 is 10.2 Å². The lowest BCUT2D eigenvalue weighted by molar-refractivity contribution is 0.223. The molecule has 18 heavy (non-hydrogen) atoms. The second kappa shape index (κ2) is 6.95. The quantitative estimate of drug-likeness (QED) is 0.655. The minimum Gasteiger partial charge on any atom is -0.366 e. The predicted octanol–water partition coefficient (Wildman–Crippen LogP) is 2.48. The van der Waals surface area contributed by atoms with Crippen molar-refractivity contribution in [3.05, 3.63) is 12.4 Å². The van der Waals surface area contributed by atoms with Gasteiger partial charge in [-0.3, -0.25) is 0 Å². The Bertz CT molecular complexity index is 366. The first-order chi connectivity index (χ1) is 8.78. The monoisotopic (exact) mass is 266 g/mol. The van der Waals surface area contributed by atoms with Gasteiger partial charge in [0.1, 0.15) is 17.2 Å². The van der Waals surface area contributed by atoms with Gasteiger partial charge in [0.25, 0.3) is 0 Å². The number of piperidine rings is 1. The first-order valence-corrected chi connectivity index (χ1v) is 7.85. The van der Waals surface area contributed by atoms with Gasteiger partial charge in [0.05, 0.1) is 0 Å². The van der Waals surface area contributed by atoms with Crippen molar-refractivity contribution in [3.8, 4) is 0 Å². The summed E-state index contributed by atoms with van der Waals surface area (Å²) in [4.78, 5) is 11.0. The van der Waals surface area contributed by atoms with Gasteiger partial charge in [-0.15, -0.1) is 11.8 Å². The summed E-state index contributed by atoms with van der Waals surface area (Å²) in [6.07, 6.45) is 7.74. The summed E-state index contributed by atoms with van der Waals surface area (Å²) < 4.78 is 0. The van der Waals surface area contributed by atoms with Crippen molar-refractivity contribution in [2.24, 2.45) is 0 Å². The minimum absolute atomic E-state index is 0.424. The molecule has 1 atom stereocenters. The second-order valence-electron chi connectivity index (χ2n) is 4.85. The van der Waals surface area contributed by atoms with Gasteiger partial charge in [-0.1, -0.05) is 6.42 Å². The van der Waals surface area contributed by atoms with E-state index in [0.29, 0.717) is 6.04 Å². The predicted molar refractivity (Wildman–Crippen MR) is 77.2 cm³/mol. The van der Waals surface area contributed by atoms with Crippen molar-refractivity contribution >= 4 is 17.6 Å². The number of thioether (sulfide) groups is 1. The number of aromatic nitrogens is 2. The van der Waals surface area contributed by atoms with E-state index in [9.17, 15) is 0 Å². The molecular formula is C13H22N4S. The number of nitrogens with one attached hydrogen (secondary N) is 1. The summed E-state index contributed by atoms with van der Waals surface area (Å²) in [6.45, 7) is 5.80. The van der Waals surface area contributed by atoms with E-state index in [1.807, 2.05) is 12.3 Å².